The smallest absolute Gasteiger partial charge is 0.273 e. The number of nitrogens with one attached hydrogen (secondary N) is 1. The summed E-state index contributed by atoms with van der Waals surface area (Å²) in [5.41, 5.74) is 3.45. The number of carbonyl (C=O) groups is 1. The Morgan fingerprint density at radius 3 is 2.50 bits per heavy atom. The Bertz CT molecular complexity index is 878. The molecule has 3 aromatic rings. The van der Waals surface area contributed by atoms with Gasteiger partial charge in [0.1, 0.15) is 0 Å². The Labute approximate surface area is 153 Å². The number of benzene rings is 1. The first-order chi connectivity index (χ1) is 12.3. The lowest BCUT2D eigenvalue weighted by molar-refractivity contribution is 0.0931. The zero-order valence-electron chi connectivity index (χ0n) is 15.5. The number of nitrogens with zero attached hydrogens (tertiary/aromatic N) is 2. The molecule has 0 radical (unpaired) electrons. The van der Waals surface area contributed by atoms with E-state index in [1.165, 1.54) is 5.56 Å². The van der Waals surface area contributed by atoms with Crippen molar-refractivity contribution >= 4 is 5.91 Å². The van der Waals surface area contributed by atoms with E-state index in [1.807, 2.05) is 13.0 Å². The van der Waals surface area contributed by atoms with Crippen molar-refractivity contribution in [2.24, 2.45) is 0 Å². The van der Waals surface area contributed by atoms with Gasteiger partial charge in [-0.05, 0) is 35.6 Å². The summed E-state index contributed by atoms with van der Waals surface area (Å²) >= 11 is 0. The minimum atomic E-state index is -0.267. The van der Waals surface area contributed by atoms with Crippen molar-refractivity contribution in [2.75, 3.05) is 0 Å². The fourth-order valence-corrected chi connectivity index (χ4v) is 2.65. The SMILES string of the molecule is CC(NC(=O)c1cc(-c2cccnc2)on1)c1ccc(C(C)(C)C)cc1. The molecule has 0 saturated carbocycles. The van der Waals surface area contributed by atoms with E-state index in [2.05, 4.69) is 60.5 Å². The van der Waals surface area contributed by atoms with Crippen molar-refractivity contribution < 1.29 is 9.32 Å². The van der Waals surface area contributed by atoms with Crippen molar-refractivity contribution in [2.45, 2.75) is 39.2 Å². The summed E-state index contributed by atoms with van der Waals surface area (Å²) in [4.78, 5) is 16.5. The topological polar surface area (TPSA) is 68.0 Å². The van der Waals surface area contributed by atoms with E-state index < -0.39 is 0 Å². The zero-order valence-corrected chi connectivity index (χ0v) is 15.5. The van der Waals surface area contributed by atoms with Crippen molar-refractivity contribution in [3.63, 3.8) is 0 Å². The molecule has 0 aliphatic heterocycles. The molecular formula is C21H23N3O2. The van der Waals surface area contributed by atoms with E-state index in [-0.39, 0.29) is 23.1 Å². The maximum atomic E-state index is 12.5. The summed E-state index contributed by atoms with van der Waals surface area (Å²) in [6.45, 7) is 8.49. The molecule has 0 spiro atoms. The fourth-order valence-electron chi connectivity index (χ4n) is 2.65. The first kappa shape index (κ1) is 17.9. The highest BCUT2D eigenvalue weighted by atomic mass is 16.5. The predicted octanol–water partition coefficient (Wildman–Crippen LogP) is 4.53. The van der Waals surface area contributed by atoms with Gasteiger partial charge in [0.05, 0.1) is 6.04 Å². The summed E-state index contributed by atoms with van der Waals surface area (Å²) in [7, 11) is 0. The second-order valence-corrected chi connectivity index (χ2v) is 7.39. The van der Waals surface area contributed by atoms with Crippen LogP contribution in [0.2, 0.25) is 0 Å². The van der Waals surface area contributed by atoms with Gasteiger partial charge in [0.2, 0.25) is 0 Å². The van der Waals surface area contributed by atoms with E-state index in [0.717, 1.165) is 11.1 Å². The molecule has 1 unspecified atom stereocenters. The van der Waals surface area contributed by atoms with E-state index in [4.69, 9.17) is 4.52 Å². The summed E-state index contributed by atoms with van der Waals surface area (Å²) in [5.74, 6) is 0.252. The van der Waals surface area contributed by atoms with Gasteiger partial charge < -0.3 is 9.84 Å². The number of hydrogen-bond acceptors (Lipinski definition) is 4. The molecule has 1 N–H and O–H groups in total. The highest BCUT2D eigenvalue weighted by molar-refractivity contribution is 5.93. The molecule has 0 aliphatic rings. The van der Waals surface area contributed by atoms with Crippen LogP contribution in [-0.4, -0.2) is 16.0 Å². The lowest BCUT2D eigenvalue weighted by Gasteiger charge is -2.20. The summed E-state index contributed by atoms with van der Waals surface area (Å²) in [6, 6.07) is 13.5. The van der Waals surface area contributed by atoms with Crippen LogP contribution in [0.1, 0.15) is 55.4 Å². The van der Waals surface area contributed by atoms with E-state index in [9.17, 15) is 4.79 Å². The van der Waals surface area contributed by atoms with E-state index in [1.54, 1.807) is 24.5 Å². The van der Waals surface area contributed by atoms with Gasteiger partial charge >= 0.3 is 0 Å². The Balaban J connectivity index is 1.69. The van der Waals surface area contributed by atoms with Crippen molar-refractivity contribution in [3.8, 4) is 11.3 Å². The molecule has 1 amide bonds. The van der Waals surface area contributed by atoms with Crippen LogP contribution in [0.5, 0.6) is 0 Å². The maximum Gasteiger partial charge on any atom is 0.273 e. The molecule has 3 rings (SSSR count). The van der Waals surface area contributed by atoms with E-state index in [0.29, 0.717) is 5.76 Å². The Kier molecular flexibility index (Phi) is 4.89. The Morgan fingerprint density at radius 1 is 1.15 bits per heavy atom. The highest BCUT2D eigenvalue weighted by Gasteiger charge is 2.18. The molecule has 2 aromatic heterocycles. The normalized spacial score (nSPS) is 12.6. The largest absolute Gasteiger partial charge is 0.355 e. The van der Waals surface area contributed by atoms with Gasteiger partial charge in [-0.1, -0.05) is 50.2 Å². The van der Waals surface area contributed by atoms with Crippen LogP contribution in [0.15, 0.2) is 59.4 Å². The van der Waals surface area contributed by atoms with Gasteiger partial charge in [-0.3, -0.25) is 9.78 Å². The van der Waals surface area contributed by atoms with Crippen molar-refractivity contribution in [1.82, 2.24) is 15.5 Å². The zero-order chi connectivity index (χ0) is 18.7. The second kappa shape index (κ2) is 7.12. The van der Waals surface area contributed by atoms with Crippen LogP contribution in [-0.2, 0) is 5.41 Å². The van der Waals surface area contributed by atoms with Crippen LogP contribution in [0.25, 0.3) is 11.3 Å². The first-order valence-corrected chi connectivity index (χ1v) is 8.63. The van der Waals surface area contributed by atoms with E-state index >= 15 is 0 Å². The van der Waals surface area contributed by atoms with Gasteiger partial charge in [0.25, 0.3) is 5.91 Å². The minimum Gasteiger partial charge on any atom is -0.355 e. The number of aromatic nitrogens is 2. The third-order valence-electron chi connectivity index (χ3n) is 4.31. The predicted molar refractivity (Wildman–Crippen MR) is 101 cm³/mol. The number of carbonyl (C=O) groups excluding carboxylic acids is 1. The molecule has 1 aromatic carbocycles. The molecule has 1 atom stereocenters. The van der Waals surface area contributed by atoms with Gasteiger partial charge in [0, 0.05) is 24.0 Å². The molecule has 2 heterocycles. The molecule has 0 bridgehead atoms. The Hall–Kier alpha value is -2.95. The molecule has 26 heavy (non-hydrogen) atoms. The second-order valence-electron chi connectivity index (χ2n) is 7.39. The summed E-state index contributed by atoms with van der Waals surface area (Å²) < 4.78 is 5.26. The van der Waals surface area contributed by atoms with Crippen LogP contribution in [0.3, 0.4) is 0 Å². The highest BCUT2D eigenvalue weighted by Crippen LogP contribution is 2.24. The molecular weight excluding hydrogens is 326 g/mol. The minimum absolute atomic E-state index is 0.106. The molecule has 5 nitrogen and oxygen atoms in total. The van der Waals surface area contributed by atoms with Crippen molar-refractivity contribution in [1.29, 1.82) is 0 Å². The van der Waals surface area contributed by atoms with Gasteiger partial charge in [-0.15, -0.1) is 0 Å². The first-order valence-electron chi connectivity index (χ1n) is 8.63. The summed E-state index contributed by atoms with van der Waals surface area (Å²) in [5, 5.41) is 6.83. The fraction of sp³-hybridized carbons (Fsp3) is 0.286. The van der Waals surface area contributed by atoms with Crippen LogP contribution >= 0.6 is 0 Å². The average Bonchev–Trinajstić information content (AvgIpc) is 3.12. The standard InChI is InChI=1S/C21H23N3O2/c1-14(15-7-9-17(10-8-15)21(2,3)4)23-20(25)18-12-19(26-24-18)16-6-5-11-22-13-16/h5-14H,1-4H3,(H,23,25). The molecule has 5 heteroatoms. The number of amides is 1. The third-order valence-corrected chi connectivity index (χ3v) is 4.31. The lowest BCUT2D eigenvalue weighted by atomic mass is 9.86. The van der Waals surface area contributed by atoms with Crippen LogP contribution in [0, 0.1) is 0 Å². The monoisotopic (exact) mass is 349 g/mol. The van der Waals surface area contributed by atoms with Crippen LogP contribution in [0.4, 0.5) is 0 Å². The quantitative estimate of drug-likeness (QED) is 0.751. The van der Waals surface area contributed by atoms with Gasteiger partial charge in [-0.25, -0.2) is 0 Å². The molecule has 0 aliphatic carbocycles. The Morgan fingerprint density at radius 2 is 1.88 bits per heavy atom. The van der Waals surface area contributed by atoms with Gasteiger partial charge in [-0.2, -0.15) is 0 Å². The number of pyridine rings is 1. The van der Waals surface area contributed by atoms with Crippen molar-refractivity contribution in [3.05, 3.63) is 71.7 Å². The number of rotatable bonds is 4. The number of hydrogen-bond donors (Lipinski definition) is 1. The average molecular weight is 349 g/mol. The van der Waals surface area contributed by atoms with Crippen LogP contribution < -0.4 is 5.32 Å². The maximum absolute atomic E-state index is 12.5. The molecule has 0 saturated heterocycles. The molecule has 0 fully saturated rings. The lowest BCUT2D eigenvalue weighted by Crippen LogP contribution is -2.27. The van der Waals surface area contributed by atoms with Gasteiger partial charge in [0.15, 0.2) is 11.5 Å². The summed E-state index contributed by atoms with van der Waals surface area (Å²) in [6.07, 6.45) is 3.35. The molecule has 134 valence electrons. The third kappa shape index (κ3) is 3.99.